The zero-order chi connectivity index (χ0) is 22.0. The molecule has 2 aliphatic rings. The molecule has 1 N–H and O–H groups in total. The van der Waals surface area contributed by atoms with Gasteiger partial charge in [0, 0.05) is 31.1 Å². The van der Waals surface area contributed by atoms with Gasteiger partial charge in [0.1, 0.15) is 11.5 Å². The Hall–Kier alpha value is -3.19. The quantitative estimate of drug-likeness (QED) is 0.436. The Balaban J connectivity index is 1.79. The second-order valence-electron chi connectivity index (χ2n) is 7.79. The average Bonchev–Trinajstić information content (AvgIpc) is 3.38. The summed E-state index contributed by atoms with van der Waals surface area (Å²) in [6, 6.07) is 8.06. The number of amides is 1. The lowest BCUT2D eigenvalue weighted by molar-refractivity contribution is -0.140. The van der Waals surface area contributed by atoms with Gasteiger partial charge >= 0.3 is 0 Å². The number of rotatable bonds is 6. The lowest BCUT2D eigenvalue weighted by atomic mass is 9.95. The molecule has 0 spiro atoms. The average molecular weight is 422 g/mol. The zero-order valence-corrected chi connectivity index (χ0v) is 17.7. The van der Waals surface area contributed by atoms with Crippen LogP contribution in [-0.2, 0) is 14.3 Å². The molecule has 2 aliphatic heterocycles. The first-order chi connectivity index (χ1) is 15.0. The Morgan fingerprint density at radius 1 is 1.32 bits per heavy atom. The zero-order valence-electron chi connectivity index (χ0n) is 17.7. The van der Waals surface area contributed by atoms with Crippen molar-refractivity contribution in [3.8, 4) is 5.75 Å². The molecule has 2 aromatic rings. The molecule has 2 saturated heterocycles. The normalized spacial score (nSPS) is 22.8. The van der Waals surface area contributed by atoms with Crippen LogP contribution in [0.15, 0.2) is 48.3 Å². The molecule has 0 radical (unpaired) electrons. The van der Waals surface area contributed by atoms with Crippen LogP contribution in [0, 0.1) is 6.92 Å². The van der Waals surface area contributed by atoms with Crippen molar-refractivity contribution < 1.29 is 24.2 Å². The third kappa shape index (κ3) is 4.05. The smallest absolute Gasteiger partial charge is 0.295 e. The first-order valence-corrected chi connectivity index (χ1v) is 10.5. The van der Waals surface area contributed by atoms with Crippen molar-refractivity contribution in [3.63, 3.8) is 0 Å². The first-order valence-electron chi connectivity index (χ1n) is 10.5. The summed E-state index contributed by atoms with van der Waals surface area (Å²) in [5.74, 6) is -0.820. The van der Waals surface area contributed by atoms with Gasteiger partial charge in [-0.05, 0) is 62.1 Å². The molecular formula is C24H26N2O5. The van der Waals surface area contributed by atoms with Crippen LogP contribution in [0.2, 0.25) is 0 Å². The molecule has 3 heterocycles. The van der Waals surface area contributed by atoms with Crippen LogP contribution >= 0.6 is 0 Å². The van der Waals surface area contributed by atoms with E-state index in [1.807, 2.05) is 19.9 Å². The molecule has 2 atom stereocenters. The monoisotopic (exact) mass is 422 g/mol. The minimum Gasteiger partial charge on any atom is -0.507 e. The molecule has 1 amide bonds. The molecule has 31 heavy (non-hydrogen) atoms. The fourth-order valence-electron chi connectivity index (χ4n) is 4.23. The van der Waals surface area contributed by atoms with E-state index in [0.29, 0.717) is 36.6 Å². The van der Waals surface area contributed by atoms with Crippen LogP contribution in [0.1, 0.15) is 42.5 Å². The summed E-state index contributed by atoms with van der Waals surface area (Å²) in [4.78, 5) is 31.7. The van der Waals surface area contributed by atoms with E-state index in [1.165, 1.54) is 4.90 Å². The van der Waals surface area contributed by atoms with E-state index in [0.717, 1.165) is 18.4 Å². The molecule has 2 fully saturated rings. The molecule has 0 saturated carbocycles. The van der Waals surface area contributed by atoms with Gasteiger partial charge in [0.15, 0.2) is 0 Å². The van der Waals surface area contributed by atoms with Crippen LogP contribution in [0.3, 0.4) is 0 Å². The highest BCUT2D eigenvalue weighted by molar-refractivity contribution is 6.46. The summed E-state index contributed by atoms with van der Waals surface area (Å²) in [5.41, 5.74) is 2.03. The third-order valence-electron chi connectivity index (χ3n) is 5.71. The number of aryl methyl sites for hydroxylation is 1. The Morgan fingerprint density at radius 2 is 2.16 bits per heavy atom. The number of ketones is 1. The predicted molar refractivity (Wildman–Crippen MR) is 115 cm³/mol. The van der Waals surface area contributed by atoms with Crippen molar-refractivity contribution in [1.82, 2.24) is 9.88 Å². The van der Waals surface area contributed by atoms with Crippen molar-refractivity contribution >= 4 is 17.4 Å². The van der Waals surface area contributed by atoms with Crippen LogP contribution < -0.4 is 4.74 Å². The van der Waals surface area contributed by atoms with E-state index in [1.54, 1.807) is 36.7 Å². The largest absolute Gasteiger partial charge is 0.507 e. The predicted octanol–water partition coefficient (Wildman–Crippen LogP) is 3.39. The minimum atomic E-state index is -0.718. The van der Waals surface area contributed by atoms with E-state index in [4.69, 9.17) is 9.47 Å². The lowest BCUT2D eigenvalue weighted by Crippen LogP contribution is -2.36. The highest BCUT2D eigenvalue weighted by atomic mass is 16.5. The molecule has 162 valence electrons. The molecule has 7 heteroatoms. The highest BCUT2D eigenvalue weighted by Gasteiger charge is 2.47. The Kier molecular flexibility index (Phi) is 6.04. The number of hydrogen-bond acceptors (Lipinski definition) is 6. The Labute approximate surface area is 181 Å². The number of hydrogen-bond donors (Lipinski definition) is 1. The summed E-state index contributed by atoms with van der Waals surface area (Å²) in [5, 5.41) is 11.2. The number of carbonyl (C=O) groups is 2. The number of aliphatic hydroxyl groups excluding tert-OH is 1. The van der Waals surface area contributed by atoms with Crippen LogP contribution in [-0.4, -0.2) is 52.5 Å². The number of carbonyl (C=O) groups excluding carboxylic acids is 2. The fourth-order valence-corrected chi connectivity index (χ4v) is 4.23. The third-order valence-corrected chi connectivity index (χ3v) is 5.71. The van der Waals surface area contributed by atoms with E-state index >= 15 is 0 Å². The summed E-state index contributed by atoms with van der Waals surface area (Å²) >= 11 is 0. The maximum absolute atomic E-state index is 13.0. The van der Waals surface area contributed by atoms with Gasteiger partial charge in [0.05, 0.1) is 24.3 Å². The SMILES string of the molecule is CCOc1ccc(/C(O)=C2/C(=O)C(=O)N(CC3CCCO3)C2c2cccnc2)cc1C. The summed E-state index contributed by atoms with van der Waals surface area (Å²) in [7, 11) is 0. The molecule has 1 aromatic heterocycles. The van der Waals surface area contributed by atoms with Gasteiger partial charge in [0.2, 0.25) is 0 Å². The minimum absolute atomic E-state index is 0.0690. The molecule has 7 nitrogen and oxygen atoms in total. The second-order valence-corrected chi connectivity index (χ2v) is 7.79. The molecule has 1 aromatic carbocycles. The molecule has 2 unspecified atom stereocenters. The maximum Gasteiger partial charge on any atom is 0.295 e. The van der Waals surface area contributed by atoms with Crippen molar-refractivity contribution in [2.75, 3.05) is 19.8 Å². The number of pyridine rings is 1. The van der Waals surface area contributed by atoms with Crippen LogP contribution in [0.25, 0.3) is 5.76 Å². The van der Waals surface area contributed by atoms with Gasteiger partial charge in [-0.3, -0.25) is 14.6 Å². The maximum atomic E-state index is 13.0. The fraction of sp³-hybridized carbons (Fsp3) is 0.375. The number of ether oxygens (including phenoxy) is 2. The van der Waals surface area contributed by atoms with E-state index in [9.17, 15) is 14.7 Å². The van der Waals surface area contributed by atoms with Gasteiger partial charge in [-0.1, -0.05) is 6.07 Å². The molecular weight excluding hydrogens is 396 g/mol. The van der Waals surface area contributed by atoms with Gasteiger partial charge in [0.25, 0.3) is 11.7 Å². The van der Waals surface area contributed by atoms with E-state index in [-0.39, 0.29) is 17.4 Å². The number of likely N-dealkylation sites (tertiary alicyclic amines) is 1. The van der Waals surface area contributed by atoms with Crippen molar-refractivity contribution in [3.05, 3.63) is 65.0 Å². The topological polar surface area (TPSA) is 89.0 Å². The van der Waals surface area contributed by atoms with E-state index in [2.05, 4.69) is 4.98 Å². The summed E-state index contributed by atoms with van der Waals surface area (Å²) in [6.45, 7) is 5.25. The first kappa shape index (κ1) is 21.1. The molecule has 0 aliphatic carbocycles. The number of benzene rings is 1. The van der Waals surface area contributed by atoms with Crippen molar-refractivity contribution in [2.24, 2.45) is 0 Å². The van der Waals surface area contributed by atoms with Gasteiger partial charge in [-0.2, -0.15) is 0 Å². The number of Topliss-reactive ketones (excluding diaryl/α,β-unsaturated/α-hetero) is 1. The van der Waals surface area contributed by atoms with E-state index < -0.39 is 17.7 Å². The van der Waals surface area contributed by atoms with Gasteiger partial charge in [-0.25, -0.2) is 0 Å². The van der Waals surface area contributed by atoms with Crippen molar-refractivity contribution in [1.29, 1.82) is 0 Å². The summed E-state index contributed by atoms with van der Waals surface area (Å²) < 4.78 is 11.3. The van der Waals surface area contributed by atoms with Crippen molar-refractivity contribution in [2.45, 2.75) is 38.8 Å². The Morgan fingerprint density at radius 3 is 2.81 bits per heavy atom. The lowest BCUT2D eigenvalue weighted by Gasteiger charge is -2.27. The number of nitrogens with zero attached hydrogens (tertiary/aromatic N) is 2. The van der Waals surface area contributed by atoms with Crippen LogP contribution in [0.5, 0.6) is 5.75 Å². The number of aromatic nitrogens is 1. The number of aliphatic hydroxyl groups is 1. The molecule has 0 bridgehead atoms. The van der Waals surface area contributed by atoms with Gasteiger partial charge < -0.3 is 19.5 Å². The van der Waals surface area contributed by atoms with Crippen LogP contribution in [0.4, 0.5) is 0 Å². The standard InChI is InChI=1S/C24H26N2O5/c1-3-30-19-9-8-16(12-15(19)2)22(27)20-21(17-6-4-10-25-13-17)26(24(29)23(20)28)14-18-7-5-11-31-18/h4,6,8-10,12-13,18,21,27H,3,5,7,11,14H2,1-2H3/b22-20-. The Bertz CT molecular complexity index is 1010. The highest BCUT2D eigenvalue weighted by Crippen LogP contribution is 2.40. The van der Waals surface area contributed by atoms with Gasteiger partial charge in [-0.15, -0.1) is 0 Å². The summed E-state index contributed by atoms with van der Waals surface area (Å²) in [6.07, 6.45) is 4.89. The molecule has 4 rings (SSSR count). The second kappa shape index (κ2) is 8.89.